The van der Waals surface area contributed by atoms with Crippen molar-refractivity contribution in [1.82, 2.24) is 15.5 Å². The summed E-state index contributed by atoms with van der Waals surface area (Å²) in [6.07, 6.45) is 1.63. The number of rotatable bonds is 4. The molecule has 1 aliphatic heterocycles. The number of imide groups is 1. The van der Waals surface area contributed by atoms with Gasteiger partial charge in [0.1, 0.15) is 11.9 Å². The molecule has 114 valence electrons. The number of benzene rings is 1. The molecule has 0 aliphatic carbocycles. The molecular weight excluding hydrogens is 273 g/mol. The predicted molar refractivity (Wildman–Crippen MR) is 77.0 cm³/mol. The zero-order valence-electron chi connectivity index (χ0n) is 12.2. The van der Waals surface area contributed by atoms with Crippen molar-refractivity contribution in [3.63, 3.8) is 0 Å². The molecular formula is C15H20FN3O2. The van der Waals surface area contributed by atoms with E-state index in [0.29, 0.717) is 6.42 Å². The van der Waals surface area contributed by atoms with Crippen LogP contribution in [0.1, 0.15) is 24.4 Å². The highest BCUT2D eigenvalue weighted by atomic mass is 19.1. The SMILES string of the molecule is CN(C)C(C(=O)NC(=O)C1CCCN1)c1ccccc1F. The summed E-state index contributed by atoms with van der Waals surface area (Å²) in [5, 5.41) is 5.41. The van der Waals surface area contributed by atoms with Crippen LogP contribution in [0.15, 0.2) is 24.3 Å². The van der Waals surface area contributed by atoms with Crippen LogP contribution in [0.3, 0.4) is 0 Å². The lowest BCUT2D eigenvalue weighted by Crippen LogP contribution is -2.47. The van der Waals surface area contributed by atoms with Gasteiger partial charge in [0.15, 0.2) is 0 Å². The van der Waals surface area contributed by atoms with E-state index in [1.165, 1.54) is 6.07 Å². The summed E-state index contributed by atoms with van der Waals surface area (Å²) in [5.41, 5.74) is 0.257. The third-order valence-corrected chi connectivity index (χ3v) is 3.59. The number of carbonyl (C=O) groups is 2. The van der Waals surface area contributed by atoms with Gasteiger partial charge in [0, 0.05) is 5.56 Å². The molecule has 2 amide bonds. The van der Waals surface area contributed by atoms with Gasteiger partial charge in [-0.15, -0.1) is 0 Å². The van der Waals surface area contributed by atoms with Crippen LogP contribution in [0.5, 0.6) is 0 Å². The summed E-state index contributed by atoms with van der Waals surface area (Å²) < 4.78 is 13.9. The maximum atomic E-state index is 13.9. The van der Waals surface area contributed by atoms with Crippen LogP contribution >= 0.6 is 0 Å². The van der Waals surface area contributed by atoms with E-state index in [1.807, 2.05) is 0 Å². The van der Waals surface area contributed by atoms with Crippen LogP contribution in [0.25, 0.3) is 0 Å². The Hall–Kier alpha value is -1.79. The molecule has 2 atom stereocenters. The van der Waals surface area contributed by atoms with Crippen molar-refractivity contribution < 1.29 is 14.0 Å². The molecule has 1 heterocycles. The Morgan fingerprint density at radius 1 is 1.38 bits per heavy atom. The molecule has 1 aromatic rings. The molecule has 1 saturated heterocycles. The normalized spacial score (nSPS) is 19.5. The lowest BCUT2D eigenvalue weighted by molar-refractivity contribution is -0.134. The molecule has 2 N–H and O–H groups in total. The first-order valence-corrected chi connectivity index (χ1v) is 6.99. The number of hydrogen-bond acceptors (Lipinski definition) is 4. The minimum absolute atomic E-state index is 0.257. The van der Waals surface area contributed by atoms with Crippen LogP contribution in [-0.4, -0.2) is 43.4 Å². The number of halogens is 1. The zero-order chi connectivity index (χ0) is 15.4. The Morgan fingerprint density at radius 3 is 2.67 bits per heavy atom. The maximum absolute atomic E-state index is 13.9. The minimum Gasteiger partial charge on any atom is -0.306 e. The molecule has 0 aromatic heterocycles. The third kappa shape index (κ3) is 3.65. The van der Waals surface area contributed by atoms with Crippen LogP contribution < -0.4 is 10.6 Å². The van der Waals surface area contributed by atoms with Gasteiger partial charge in [0.05, 0.1) is 6.04 Å². The molecule has 0 bridgehead atoms. The van der Waals surface area contributed by atoms with E-state index in [9.17, 15) is 14.0 Å². The maximum Gasteiger partial charge on any atom is 0.248 e. The number of likely N-dealkylation sites (N-methyl/N-ethyl adjacent to an activating group) is 1. The summed E-state index contributed by atoms with van der Waals surface area (Å²) in [7, 11) is 3.35. The molecule has 1 aromatic carbocycles. The fourth-order valence-corrected chi connectivity index (χ4v) is 2.54. The van der Waals surface area contributed by atoms with Crippen molar-refractivity contribution >= 4 is 11.8 Å². The van der Waals surface area contributed by atoms with E-state index in [0.717, 1.165) is 13.0 Å². The van der Waals surface area contributed by atoms with Gasteiger partial charge in [0.25, 0.3) is 0 Å². The zero-order valence-corrected chi connectivity index (χ0v) is 12.2. The Balaban J connectivity index is 2.13. The van der Waals surface area contributed by atoms with Gasteiger partial charge in [-0.2, -0.15) is 0 Å². The number of nitrogens with zero attached hydrogens (tertiary/aromatic N) is 1. The highest BCUT2D eigenvalue weighted by Crippen LogP contribution is 2.21. The fraction of sp³-hybridized carbons (Fsp3) is 0.467. The van der Waals surface area contributed by atoms with E-state index >= 15 is 0 Å². The molecule has 6 heteroatoms. The molecule has 2 rings (SSSR count). The van der Waals surface area contributed by atoms with Crippen LogP contribution in [-0.2, 0) is 9.59 Å². The topological polar surface area (TPSA) is 61.4 Å². The first-order valence-electron chi connectivity index (χ1n) is 6.99. The van der Waals surface area contributed by atoms with E-state index in [2.05, 4.69) is 10.6 Å². The van der Waals surface area contributed by atoms with Gasteiger partial charge in [-0.25, -0.2) is 4.39 Å². The van der Waals surface area contributed by atoms with Gasteiger partial charge in [0.2, 0.25) is 11.8 Å². The number of carbonyl (C=O) groups excluding carboxylic acids is 2. The number of nitrogens with one attached hydrogen (secondary N) is 2. The molecule has 1 fully saturated rings. The molecule has 0 radical (unpaired) electrons. The predicted octanol–water partition coefficient (Wildman–Crippen LogP) is 0.823. The van der Waals surface area contributed by atoms with E-state index in [-0.39, 0.29) is 17.5 Å². The summed E-state index contributed by atoms with van der Waals surface area (Å²) in [6, 6.07) is 4.92. The standard InChI is InChI=1S/C15H20FN3O2/c1-19(2)13(10-6-3-4-7-11(10)16)15(21)18-14(20)12-8-5-9-17-12/h3-4,6-7,12-13,17H,5,8-9H2,1-2H3,(H,18,20,21). The number of hydrogen-bond donors (Lipinski definition) is 2. The van der Waals surface area contributed by atoms with Gasteiger partial charge in [-0.3, -0.25) is 19.8 Å². The molecule has 2 unspecified atom stereocenters. The lowest BCUT2D eigenvalue weighted by Gasteiger charge is -2.24. The Labute approximate surface area is 123 Å². The van der Waals surface area contributed by atoms with Gasteiger partial charge in [-0.1, -0.05) is 18.2 Å². The third-order valence-electron chi connectivity index (χ3n) is 3.59. The van der Waals surface area contributed by atoms with E-state index in [1.54, 1.807) is 37.2 Å². The van der Waals surface area contributed by atoms with Crippen molar-refractivity contribution in [3.8, 4) is 0 Å². The molecule has 5 nitrogen and oxygen atoms in total. The minimum atomic E-state index is -0.837. The summed E-state index contributed by atoms with van der Waals surface area (Å²) in [4.78, 5) is 25.9. The Morgan fingerprint density at radius 2 is 2.10 bits per heavy atom. The monoisotopic (exact) mass is 293 g/mol. The molecule has 0 spiro atoms. The van der Waals surface area contributed by atoms with E-state index in [4.69, 9.17) is 0 Å². The molecule has 0 saturated carbocycles. The van der Waals surface area contributed by atoms with Gasteiger partial charge in [-0.05, 0) is 39.5 Å². The van der Waals surface area contributed by atoms with Crippen LogP contribution in [0, 0.1) is 5.82 Å². The molecule has 21 heavy (non-hydrogen) atoms. The quantitative estimate of drug-likeness (QED) is 0.863. The van der Waals surface area contributed by atoms with Crippen molar-refractivity contribution in [1.29, 1.82) is 0 Å². The average molecular weight is 293 g/mol. The number of amides is 2. The largest absolute Gasteiger partial charge is 0.306 e. The summed E-state index contributed by atoms with van der Waals surface area (Å²) >= 11 is 0. The van der Waals surface area contributed by atoms with Crippen LogP contribution in [0.4, 0.5) is 4.39 Å². The van der Waals surface area contributed by atoms with Crippen molar-refractivity contribution in [2.24, 2.45) is 0 Å². The second-order valence-electron chi connectivity index (χ2n) is 5.39. The van der Waals surface area contributed by atoms with Gasteiger partial charge >= 0.3 is 0 Å². The van der Waals surface area contributed by atoms with E-state index < -0.39 is 17.8 Å². The second kappa shape index (κ2) is 6.78. The second-order valence-corrected chi connectivity index (χ2v) is 5.39. The fourth-order valence-electron chi connectivity index (χ4n) is 2.54. The van der Waals surface area contributed by atoms with Crippen LogP contribution in [0.2, 0.25) is 0 Å². The summed E-state index contributed by atoms with van der Waals surface area (Å²) in [5.74, 6) is -1.32. The Kier molecular flexibility index (Phi) is 5.03. The Bertz CT molecular complexity index is 527. The van der Waals surface area contributed by atoms with Crippen molar-refractivity contribution in [3.05, 3.63) is 35.6 Å². The highest BCUT2D eigenvalue weighted by Gasteiger charge is 2.30. The average Bonchev–Trinajstić information content (AvgIpc) is 2.95. The van der Waals surface area contributed by atoms with Crippen molar-refractivity contribution in [2.45, 2.75) is 24.9 Å². The smallest absolute Gasteiger partial charge is 0.248 e. The summed E-state index contributed by atoms with van der Waals surface area (Å²) in [6.45, 7) is 0.775. The first-order chi connectivity index (χ1) is 10.0. The first kappa shape index (κ1) is 15.6. The van der Waals surface area contributed by atoms with Crippen molar-refractivity contribution in [2.75, 3.05) is 20.6 Å². The molecule has 1 aliphatic rings. The highest BCUT2D eigenvalue weighted by molar-refractivity contribution is 6.00. The van der Waals surface area contributed by atoms with Gasteiger partial charge < -0.3 is 5.32 Å². The lowest BCUT2D eigenvalue weighted by atomic mass is 10.0.